The molecule has 1 aromatic carbocycles. The molecule has 0 spiro atoms. The van der Waals surface area contributed by atoms with Crippen LogP contribution in [0.5, 0.6) is 0 Å². The second-order valence-corrected chi connectivity index (χ2v) is 6.64. The molecule has 4 nitrogen and oxygen atoms in total. The Morgan fingerprint density at radius 1 is 1.37 bits per heavy atom. The Kier molecular flexibility index (Phi) is 3.70. The van der Waals surface area contributed by atoms with Crippen molar-refractivity contribution in [2.75, 3.05) is 15.5 Å². The van der Waals surface area contributed by atoms with Gasteiger partial charge in [-0.15, -0.1) is 11.8 Å². The van der Waals surface area contributed by atoms with Gasteiger partial charge in [0.1, 0.15) is 0 Å². The van der Waals surface area contributed by atoms with E-state index in [0.717, 1.165) is 27.0 Å². The van der Waals surface area contributed by atoms with Crippen LogP contribution in [-0.4, -0.2) is 28.0 Å². The van der Waals surface area contributed by atoms with E-state index in [0.29, 0.717) is 5.75 Å². The van der Waals surface area contributed by atoms with E-state index in [2.05, 4.69) is 33.2 Å². The number of alkyl halides is 1. The molecule has 0 radical (unpaired) electrons. The van der Waals surface area contributed by atoms with Crippen LogP contribution < -0.4 is 10.6 Å². The molecule has 2 heterocycles. The summed E-state index contributed by atoms with van der Waals surface area (Å²) in [7, 11) is 0. The third-order valence-corrected chi connectivity index (χ3v) is 5.54. The summed E-state index contributed by atoms with van der Waals surface area (Å²) in [4.78, 5) is 24.5. The van der Waals surface area contributed by atoms with Crippen molar-refractivity contribution < 1.29 is 9.59 Å². The number of anilines is 1. The van der Waals surface area contributed by atoms with Crippen molar-refractivity contribution in [3.63, 3.8) is 0 Å². The summed E-state index contributed by atoms with van der Waals surface area (Å²) in [5.74, 6) is 0.494. The van der Waals surface area contributed by atoms with Gasteiger partial charge in [0.15, 0.2) is 0 Å². The highest BCUT2D eigenvalue weighted by atomic mass is 127. The van der Waals surface area contributed by atoms with Crippen LogP contribution in [0.15, 0.2) is 23.1 Å². The minimum atomic E-state index is -0.0890. The van der Waals surface area contributed by atoms with Crippen LogP contribution >= 0.6 is 34.4 Å². The molecule has 1 unspecified atom stereocenters. The number of nitrogens with one attached hydrogen (secondary N) is 2. The minimum Gasteiger partial charge on any atom is -0.352 e. The normalized spacial score (nSPS) is 25.7. The summed E-state index contributed by atoms with van der Waals surface area (Å²) in [6.45, 7) is 0. The van der Waals surface area contributed by atoms with Gasteiger partial charge in [-0.1, -0.05) is 28.7 Å². The minimum absolute atomic E-state index is 0.0238. The average Bonchev–Trinajstić information content (AvgIpc) is 2.79. The van der Waals surface area contributed by atoms with Crippen LogP contribution in [0.4, 0.5) is 5.69 Å². The molecule has 0 saturated carbocycles. The molecule has 2 atom stereocenters. The Balaban J connectivity index is 1.88. The van der Waals surface area contributed by atoms with Gasteiger partial charge in [0.25, 0.3) is 0 Å². The van der Waals surface area contributed by atoms with E-state index >= 15 is 0 Å². The number of hydrogen-bond acceptors (Lipinski definition) is 3. The highest BCUT2D eigenvalue weighted by Gasteiger charge is 2.33. The van der Waals surface area contributed by atoms with Gasteiger partial charge in [-0.05, 0) is 24.1 Å². The topological polar surface area (TPSA) is 58.2 Å². The summed E-state index contributed by atoms with van der Waals surface area (Å²) in [5.41, 5.74) is 1.83. The smallest absolute Gasteiger partial charge is 0.234 e. The molecule has 2 aliphatic rings. The predicted octanol–water partition coefficient (Wildman–Crippen LogP) is 2.14. The Hall–Kier alpha value is -0.760. The van der Waals surface area contributed by atoms with Gasteiger partial charge >= 0.3 is 0 Å². The van der Waals surface area contributed by atoms with E-state index in [1.165, 1.54) is 0 Å². The van der Waals surface area contributed by atoms with E-state index in [-0.39, 0.29) is 23.8 Å². The number of halogens is 1. The number of thioether (sulfide) groups is 1. The Morgan fingerprint density at radius 3 is 2.95 bits per heavy atom. The predicted molar refractivity (Wildman–Crippen MR) is 84.0 cm³/mol. The van der Waals surface area contributed by atoms with Crippen LogP contribution in [0.2, 0.25) is 0 Å². The van der Waals surface area contributed by atoms with Crippen molar-refractivity contribution >= 4 is 51.9 Å². The number of carbonyl (C=O) groups is 2. The fraction of sp³-hybridized carbons (Fsp3) is 0.385. The van der Waals surface area contributed by atoms with Crippen molar-refractivity contribution in [2.45, 2.75) is 23.3 Å². The van der Waals surface area contributed by atoms with Crippen LogP contribution in [0, 0.1) is 0 Å². The average molecular weight is 388 g/mol. The van der Waals surface area contributed by atoms with Crippen LogP contribution in [0.3, 0.4) is 0 Å². The van der Waals surface area contributed by atoms with E-state index in [1.807, 2.05) is 18.2 Å². The lowest BCUT2D eigenvalue weighted by atomic mass is 9.95. The molecule has 0 bridgehead atoms. The standard InChI is InChI=1S/C13H13IN2O2S/c14-5-8-4-9(13(18)15-8)7-1-2-11-10(3-7)16-12(17)6-19-11/h1-3,8-9H,4-6H2,(H,15,18)(H,16,17)/t8?,9-/m1/s1. The monoisotopic (exact) mass is 388 g/mol. The van der Waals surface area contributed by atoms with Gasteiger partial charge < -0.3 is 10.6 Å². The van der Waals surface area contributed by atoms with Crippen molar-refractivity contribution in [1.29, 1.82) is 0 Å². The Morgan fingerprint density at radius 2 is 2.21 bits per heavy atom. The Bertz CT molecular complexity index is 549. The zero-order chi connectivity index (χ0) is 13.4. The lowest BCUT2D eigenvalue weighted by Gasteiger charge is -2.18. The molecule has 6 heteroatoms. The molecular formula is C13H13IN2O2S. The van der Waals surface area contributed by atoms with Crippen molar-refractivity contribution in [2.24, 2.45) is 0 Å². The summed E-state index contributed by atoms with van der Waals surface area (Å²) in [6.07, 6.45) is 0.835. The number of hydrogen-bond donors (Lipinski definition) is 2. The molecule has 2 amide bonds. The Labute approximate surface area is 129 Å². The molecule has 0 aliphatic carbocycles. The summed E-state index contributed by atoms with van der Waals surface area (Å²) < 4.78 is 0.928. The van der Waals surface area contributed by atoms with Gasteiger partial charge in [-0.25, -0.2) is 0 Å². The molecule has 0 aromatic heterocycles. The van der Waals surface area contributed by atoms with E-state index in [1.54, 1.807) is 11.8 Å². The van der Waals surface area contributed by atoms with E-state index in [4.69, 9.17) is 0 Å². The first-order chi connectivity index (χ1) is 9.17. The van der Waals surface area contributed by atoms with Crippen molar-refractivity contribution in [3.05, 3.63) is 23.8 Å². The first-order valence-electron chi connectivity index (χ1n) is 6.10. The van der Waals surface area contributed by atoms with Crippen LogP contribution in [-0.2, 0) is 9.59 Å². The fourth-order valence-corrected chi connectivity index (χ4v) is 3.83. The summed E-state index contributed by atoms with van der Waals surface area (Å²) >= 11 is 3.83. The zero-order valence-electron chi connectivity index (χ0n) is 10.1. The van der Waals surface area contributed by atoms with E-state index in [9.17, 15) is 9.59 Å². The van der Waals surface area contributed by atoms with Crippen LogP contribution in [0.1, 0.15) is 17.9 Å². The van der Waals surface area contributed by atoms with Crippen molar-refractivity contribution in [3.8, 4) is 0 Å². The van der Waals surface area contributed by atoms with Gasteiger partial charge in [0.2, 0.25) is 11.8 Å². The van der Waals surface area contributed by atoms with Gasteiger partial charge in [0, 0.05) is 15.4 Å². The number of amides is 2. The number of carbonyl (C=O) groups excluding carboxylic acids is 2. The molecule has 3 rings (SSSR count). The van der Waals surface area contributed by atoms with Gasteiger partial charge in [-0.3, -0.25) is 9.59 Å². The number of benzene rings is 1. The lowest BCUT2D eigenvalue weighted by molar-refractivity contribution is -0.120. The number of rotatable bonds is 2. The lowest BCUT2D eigenvalue weighted by Crippen LogP contribution is -2.27. The third-order valence-electron chi connectivity index (χ3n) is 3.41. The van der Waals surface area contributed by atoms with Crippen molar-refractivity contribution in [1.82, 2.24) is 5.32 Å². The summed E-state index contributed by atoms with van der Waals surface area (Å²) in [5, 5.41) is 5.87. The highest BCUT2D eigenvalue weighted by Crippen LogP contribution is 2.36. The fourth-order valence-electron chi connectivity index (χ4n) is 2.46. The van der Waals surface area contributed by atoms with Crippen LogP contribution in [0.25, 0.3) is 0 Å². The molecule has 1 aromatic rings. The largest absolute Gasteiger partial charge is 0.352 e. The maximum atomic E-state index is 12.0. The molecule has 2 N–H and O–H groups in total. The van der Waals surface area contributed by atoms with Gasteiger partial charge in [-0.2, -0.15) is 0 Å². The van der Waals surface area contributed by atoms with E-state index < -0.39 is 0 Å². The summed E-state index contributed by atoms with van der Waals surface area (Å²) in [6, 6.07) is 6.21. The molecule has 1 fully saturated rings. The second kappa shape index (κ2) is 5.32. The SMILES string of the molecule is O=C1CSc2ccc([C@H]3CC(CI)NC3=O)cc2N1. The maximum Gasteiger partial charge on any atom is 0.234 e. The molecule has 100 valence electrons. The first kappa shape index (κ1) is 13.2. The third kappa shape index (κ3) is 2.60. The zero-order valence-corrected chi connectivity index (χ0v) is 13.1. The molecule has 19 heavy (non-hydrogen) atoms. The maximum absolute atomic E-state index is 12.0. The molecule has 2 aliphatic heterocycles. The first-order valence-corrected chi connectivity index (χ1v) is 8.61. The second-order valence-electron chi connectivity index (χ2n) is 4.74. The molecule has 1 saturated heterocycles. The molecular weight excluding hydrogens is 375 g/mol. The highest BCUT2D eigenvalue weighted by molar-refractivity contribution is 14.1. The van der Waals surface area contributed by atoms with Gasteiger partial charge in [0.05, 0.1) is 17.4 Å². The quantitative estimate of drug-likeness (QED) is 0.603. The number of fused-ring (bicyclic) bond motifs is 1.